The zero-order valence-corrected chi connectivity index (χ0v) is 11.2. The maximum atomic E-state index is 9.07. The fourth-order valence-corrected chi connectivity index (χ4v) is 7.22. The van der Waals surface area contributed by atoms with Gasteiger partial charge >= 0.3 is 0 Å². The van der Waals surface area contributed by atoms with Crippen LogP contribution < -0.4 is 0 Å². The summed E-state index contributed by atoms with van der Waals surface area (Å²) in [6.07, 6.45) is 2.38. The quantitative estimate of drug-likeness (QED) is 0.525. The van der Waals surface area contributed by atoms with Crippen LogP contribution in [0.25, 0.3) is 0 Å². The molecule has 0 aromatic heterocycles. The van der Waals surface area contributed by atoms with E-state index in [9.17, 15) is 0 Å². The van der Waals surface area contributed by atoms with Gasteiger partial charge < -0.3 is 14.3 Å². The molecule has 5 heteroatoms. The highest BCUT2D eigenvalue weighted by Crippen LogP contribution is 2.13. The molecule has 13 heavy (non-hydrogen) atoms. The van der Waals surface area contributed by atoms with Crippen molar-refractivity contribution in [3.8, 4) is 0 Å². The summed E-state index contributed by atoms with van der Waals surface area (Å²) < 4.78 is 5.78. The lowest BCUT2D eigenvalue weighted by Gasteiger charge is -2.28. The smallest absolute Gasteiger partial charge is 0.235 e. The van der Waals surface area contributed by atoms with E-state index in [1.807, 2.05) is 13.1 Å². The second-order valence-electron chi connectivity index (χ2n) is 4.05. The van der Waals surface area contributed by atoms with Gasteiger partial charge in [0.05, 0.1) is 0 Å². The van der Waals surface area contributed by atoms with Crippen molar-refractivity contribution in [2.24, 2.45) is 0 Å². The molecule has 0 aromatic carbocycles. The fourth-order valence-electron chi connectivity index (χ4n) is 1.13. The van der Waals surface area contributed by atoms with Gasteiger partial charge in [-0.15, -0.1) is 0 Å². The number of unbranched alkanes of at least 4 members (excludes halogenated alkanes) is 1. The highest BCUT2D eigenvalue weighted by Gasteiger charge is 2.32. The zero-order chi connectivity index (χ0) is 10.5. The molecule has 0 fully saturated rings. The number of aliphatic hydroxyl groups is 2. The van der Waals surface area contributed by atoms with Crippen LogP contribution in [0.2, 0.25) is 25.7 Å². The number of aliphatic hydroxyl groups excluding tert-OH is 1. The Hall–Kier alpha value is 0.314. The Morgan fingerprint density at radius 1 is 1.38 bits per heavy atom. The Morgan fingerprint density at radius 3 is 2.31 bits per heavy atom. The zero-order valence-electron chi connectivity index (χ0n) is 9.08. The maximum absolute atomic E-state index is 9.07. The summed E-state index contributed by atoms with van der Waals surface area (Å²) >= 11 is 0. The molecule has 0 saturated heterocycles. The molecule has 1 atom stereocenters. The van der Waals surface area contributed by atoms with Crippen molar-refractivity contribution >= 4 is 17.4 Å². The van der Waals surface area contributed by atoms with E-state index in [2.05, 4.69) is 13.5 Å². The lowest BCUT2D eigenvalue weighted by molar-refractivity contribution is 0.0116. The van der Waals surface area contributed by atoms with Gasteiger partial charge in [-0.1, -0.05) is 19.8 Å². The number of hydrogen-bond acceptors (Lipinski definition) is 3. The molecule has 0 heterocycles. The molecule has 1 unspecified atom stereocenters. The number of hydrogen-bond donors (Lipinski definition) is 2. The average molecular weight is 222 g/mol. The SMILES string of the molecule is CCCC[SiH](C)O[Si](C)(C)C(O)O. The van der Waals surface area contributed by atoms with Crippen molar-refractivity contribution in [2.45, 2.75) is 51.4 Å². The van der Waals surface area contributed by atoms with E-state index in [-0.39, 0.29) is 0 Å². The van der Waals surface area contributed by atoms with Crippen molar-refractivity contribution in [2.75, 3.05) is 0 Å². The predicted octanol–water partition coefficient (Wildman–Crippen LogP) is 1.21. The minimum absolute atomic E-state index is 1.14. The van der Waals surface area contributed by atoms with E-state index in [1.165, 1.54) is 12.8 Å². The summed E-state index contributed by atoms with van der Waals surface area (Å²) in [6, 6.07) is 1.14. The lowest BCUT2D eigenvalue weighted by atomic mass is 10.4. The van der Waals surface area contributed by atoms with E-state index in [0.29, 0.717) is 0 Å². The molecule has 0 spiro atoms. The molecule has 0 aliphatic heterocycles. The second-order valence-corrected chi connectivity index (χ2v) is 10.9. The fraction of sp³-hybridized carbons (Fsp3) is 1.00. The predicted molar refractivity (Wildman–Crippen MR) is 59.5 cm³/mol. The average Bonchev–Trinajstić information content (AvgIpc) is 1.99. The molecule has 0 aliphatic carbocycles. The van der Waals surface area contributed by atoms with E-state index < -0.39 is 23.3 Å². The molecule has 0 amide bonds. The molecule has 0 bridgehead atoms. The van der Waals surface area contributed by atoms with Crippen molar-refractivity contribution < 1.29 is 14.3 Å². The van der Waals surface area contributed by atoms with Crippen molar-refractivity contribution in [1.82, 2.24) is 0 Å². The number of rotatable bonds is 6. The molecule has 0 aromatic rings. The molecule has 0 aliphatic rings. The Kier molecular flexibility index (Phi) is 6.07. The molecule has 80 valence electrons. The van der Waals surface area contributed by atoms with Gasteiger partial charge in [-0.2, -0.15) is 0 Å². The van der Waals surface area contributed by atoms with Gasteiger partial charge in [0.15, 0.2) is 15.0 Å². The third kappa shape index (κ3) is 5.59. The molecule has 0 rings (SSSR count). The summed E-state index contributed by atoms with van der Waals surface area (Å²) in [5, 5.41) is 18.1. The summed E-state index contributed by atoms with van der Waals surface area (Å²) in [5.74, 6) is -1.25. The first-order valence-electron chi connectivity index (χ1n) is 4.94. The summed E-state index contributed by atoms with van der Waals surface area (Å²) in [7, 11) is -3.38. The molecule has 2 N–H and O–H groups in total. The van der Waals surface area contributed by atoms with Crippen LogP contribution in [0.4, 0.5) is 0 Å². The Labute approximate surface area is 83.6 Å². The van der Waals surface area contributed by atoms with Crippen LogP contribution in [0.1, 0.15) is 19.8 Å². The molecule has 0 saturated carbocycles. The molecule has 3 nitrogen and oxygen atoms in total. The normalized spacial score (nSPS) is 15.0. The first kappa shape index (κ1) is 13.3. The molecular weight excluding hydrogens is 200 g/mol. The summed E-state index contributed by atoms with van der Waals surface area (Å²) in [5.41, 5.74) is 0. The second kappa shape index (κ2) is 5.92. The highest BCUT2D eigenvalue weighted by atomic mass is 28.4. The van der Waals surface area contributed by atoms with Gasteiger partial charge in [-0.3, -0.25) is 0 Å². The third-order valence-corrected chi connectivity index (χ3v) is 8.60. The Morgan fingerprint density at radius 2 is 1.92 bits per heavy atom. The van der Waals surface area contributed by atoms with E-state index in [4.69, 9.17) is 14.3 Å². The van der Waals surface area contributed by atoms with Crippen LogP contribution in [-0.2, 0) is 4.12 Å². The van der Waals surface area contributed by atoms with E-state index >= 15 is 0 Å². The first-order valence-corrected chi connectivity index (χ1v) is 10.4. The Bertz CT molecular complexity index is 139. The van der Waals surface area contributed by atoms with E-state index in [1.54, 1.807) is 0 Å². The van der Waals surface area contributed by atoms with Crippen LogP contribution in [0, 0.1) is 0 Å². The van der Waals surface area contributed by atoms with E-state index in [0.717, 1.165) is 6.04 Å². The lowest BCUT2D eigenvalue weighted by Crippen LogP contribution is -2.48. The van der Waals surface area contributed by atoms with Gasteiger partial charge in [-0.05, 0) is 25.7 Å². The van der Waals surface area contributed by atoms with Crippen molar-refractivity contribution in [3.05, 3.63) is 0 Å². The highest BCUT2D eigenvalue weighted by molar-refractivity contribution is 6.78. The van der Waals surface area contributed by atoms with Gasteiger partial charge in [0.25, 0.3) is 0 Å². The topological polar surface area (TPSA) is 49.7 Å². The minimum Gasteiger partial charge on any atom is -0.455 e. The van der Waals surface area contributed by atoms with Crippen LogP contribution in [0.15, 0.2) is 0 Å². The van der Waals surface area contributed by atoms with Gasteiger partial charge in [0, 0.05) is 0 Å². The summed E-state index contributed by atoms with van der Waals surface area (Å²) in [4.78, 5) is 0. The van der Waals surface area contributed by atoms with Crippen LogP contribution in [-0.4, -0.2) is 33.5 Å². The van der Waals surface area contributed by atoms with Crippen molar-refractivity contribution in [1.29, 1.82) is 0 Å². The standard InChI is InChI=1S/C8H22O3Si2/c1-5-6-7-12(2)11-13(3,4)8(9)10/h8-10,12H,5-7H2,1-4H3. The third-order valence-electron chi connectivity index (χ3n) is 2.09. The minimum atomic E-state index is -2.22. The molecule has 0 radical (unpaired) electrons. The largest absolute Gasteiger partial charge is 0.455 e. The summed E-state index contributed by atoms with van der Waals surface area (Å²) in [6.45, 7) is 8.00. The monoisotopic (exact) mass is 222 g/mol. The van der Waals surface area contributed by atoms with Crippen LogP contribution >= 0.6 is 0 Å². The Balaban J connectivity index is 3.82. The van der Waals surface area contributed by atoms with Crippen LogP contribution in [0.3, 0.4) is 0 Å². The first-order chi connectivity index (χ1) is 5.90. The van der Waals surface area contributed by atoms with Gasteiger partial charge in [-0.25, -0.2) is 0 Å². The molecular formula is C8H22O3Si2. The van der Waals surface area contributed by atoms with Gasteiger partial charge in [0.2, 0.25) is 8.32 Å². The van der Waals surface area contributed by atoms with Crippen molar-refractivity contribution in [3.63, 3.8) is 0 Å². The van der Waals surface area contributed by atoms with Gasteiger partial charge in [0.1, 0.15) is 0 Å². The maximum Gasteiger partial charge on any atom is 0.235 e. The van der Waals surface area contributed by atoms with Crippen LogP contribution in [0.5, 0.6) is 0 Å².